The van der Waals surface area contributed by atoms with E-state index >= 15 is 0 Å². The number of fused-ring (bicyclic) bond motifs is 1. The van der Waals surface area contributed by atoms with E-state index in [2.05, 4.69) is 27.2 Å². The molecule has 0 unspecified atom stereocenters. The Balaban J connectivity index is 1.20. The molecule has 2 N–H and O–H groups in total. The molecule has 0 radical (unpaired) electrons. The Morgan fingerprint density at radius 1 is 1.04 bits per heavy atom. The zero-order valence-electron chi connectivity index (χ0n) is 15.5. The van der Waals surface area contributed by atoms with Gasteiger partial charge < -0.3 is 24.8 Å². The number of anilines is 1. The van der Waals surface area contributed by atoms with Gasteiger partial charge in [-0.05, 0) is 44.4 Å². The largest absolute Gasteiger partial charge is 0.454 e. The smallest absolute Gasteiger partial charge is 0.231 e. The van der Waals surface area contributed by atoms with Gasteiger partial charge in [-0.1, -0.05) is 6.42 Å². The number of rotatable bonds is 6. The lowest BCUT2D eigenvalue weighted by Crippen LogP contribution is -2.48. The molecule has 26 heavy (non-hydrogen) atoms. The van der Waals surface area contributed by atoms with Crippen LogP contribution in [-0.2, 0) is 0 Å². The fourth-order valence-corrected chi connectivity index (χ4v) is 4.40. The maximum atomic E-state index is 9.52. The summed E-state index contributed by atoms with van der Waals surface area (Å²) in [5, 5.41) is 13.3. The van der Waals surface area contributed by atoms with Crippen molar-refractivity contribution in [2.24, 2.45) is 0 Å². The second kappa shape index (κ2) is 8.46. The van der Waals surface area contributed by atoms with Crippen molar-refractivity contribution in [1.29, 1.82) is 0 Å². The van der Waals surface area contributed by atoms with Crippen molar-refractivity contribution < 1.29 is 14.6 Å². The Morgan fingerprint density at radius 2 is 1.88 bits per heavy atom. The summed E-state index contributed by atoms with van der Waals surface area (Å²) >= 11 is 0. The van der Waals surface area contributed by atoms with Crippen molar-refractivity contribution >= 4 is 5.69 Å². The molecule has 144 valence electrons. The Kier molecular flexibility index (Phi) is 5.82. The first-order valence-electron chi connectivity index (χ1n) is 10.1. The standard InChI is InChI=1S/C20H31N3O3/c24-14-18-3-1-2-9-22(18)12-8-21-16-6-10-23(11-7-16)17-4-5-19-20(13-17)26-15-25-19/h4-5,13,16,18,21,24H,1-3,6-12,14-15H2/t18-/m0/s1. The van der Waals surface area contributed by atoms with Crippen molar-refractivity contribution in [3.8, 4) is 11.5 Å². The molecule has 6 heteroatoms. The van der Waals surface area contributed by atoms with E-state index in [0.717, 1.165) is 63.5 Å². The van der Waals surface area contributed by atoms with E-state index in [1.165, 1.54) is 18.5 Å². The number of ether oxygens (including phenoxy) is 2. The molecule has 3 aliphatic rings. The monoisotopic (exact) mass is 361 g/mol. The highest BCUT2D eigenvalue weighted by atomic mass is 16.7. The highest BCUT2D eigenvalue weighted by Crippen LogP contribution is 2.36. The topological polar surface area (TPSA) is 57.2 Å². The molecule has 3 heterocycles. The first-order chi connectivity index (χ1) is 12.8. The maximum Gasteiger partial charge on any atom is 0.231 e. The number of aliphatic hydroxyl groups excluding tert-OH is 1. The van der Waals surface area contributed by atoms with Gasteiger partial charge in [0.15, 0.2) is 11.5 Å². The third kappa shape index (κ3) is 4.08. The summed E-state index contributed by atoms with van der Waals surface area (Å²) in [4.78, 5) is 4.89. The normalized spacial score (nSPS) is 24.2. The molecule has 1 aromatic carbocycles. The number of likely N-dealkylation sites (tertiary alicyclic amines) is 1. The van der Waals surface area contributed by atoms with Crippen LogP contribution in [0.4, 0.5) is 5.69 Å². The molecule has 2 saturated heterocycles. The lowest BCUT2D eigenvalue weighted by atomic mass is 10.0. The molecule has 2 fully saturated rings. The van der Waals surface area contributed by atoms with Crippen LogP contribution in [0.25, 0.3) is 0 Å². The second-order valence-corrected chi connectivity index (χ2v) is 7.62. The zero-order valence-corrected chi connectivity index (χ0v) is 15.5. The Bertz CT molecular complexity index is 590. The van der Waals surface area contributed by atoms with Crippen LogP contribution in [0.1, 0.15) is 32.1 Å². The van der Waals surface area contributed by atoms with Crippen LogP contribution in [0.5, 0.6) is 11.5 Å². The molecule has 6 nitrogen and oxygen atoms in total. The summed E-state index contributed by atoms with van der Waals surface area (Å²) in [5.74, 6) is 1.71. The number of nitrogens with one attached hydrogen (secondary N) is 1. The van der Waals surface area contributed by atoms with Gasteiger partial charge in [-0.25, -0.2) is 0 Å². The van der Waals surface area contributed by atoms with Crippen LogP contribution in [-0.4, -0.2) is 68.2 Å². The summed E-state index contributed by atoms with van der Waals surface area (Å²) in [6.07, 6.45) is 6.00. The van der Waals surface area contributed by atoms with Crippen molar-refractivity contribution in [2.45, 2.75) is 44.2 Å². The van der Waals surface area contributed by atoms with Crippen LogP contribution >= 0.6 is 0 Å². The van der Waals surface area contributed by atoms with E-state index in [9.17, 15) is 5.11 Å². The van der Waals surface area contributed by atoms with E-state index < -0.39 is 0 Å². The van der Waals surface area contributed by atoms with Crippen LogP contribution in [0.3, 0.4) is 0 Å². The Hall–Kier alpha value is -1.50. The molecule has 0 aromatic heterocycles. The lowest BCUT2D eigenvalue weighted by molar-refractivity contribution is 0.0901. The summed E-state index contributed by atoms with van der Waals surface area (Å²) in [7, 11) is 0. The average Bonchev–Trinajstić information content (AvgIpc) is 3.17. The van der Waals surface area contributed by atoms with Gasteiger partial charge >= 0.3 is 0 Å². The fourth-order valence-electron chi connectivity index (χ4n) is 4.40. The molecule has 0 spiro atoms. The van der Waals surface area contributed by atoms with Crippen LogP contribution in [0.2, 0.25) is 0 Å². The van der Waals surface area contributed by atoms with E-state index in [-0.39, 0.29) is 0 Å². The molecule has 1 atom stereocenters. The number of benzene rings is 1. The minimum absolute atomic E-state index is 0.300. The van der Waals surface area contributed by atoms with Gasteiger partial charge in [-0.15, -0.1) is 0 Å². The lowest BCUT2D eigenvalue weighted by Gasteiger charge is -2.36. The predicted octanol–water partition coefficient (Wildman–Crippen LogP) is 1.82. The van der Waals surface area contributed by atoms with Gasteiger partial charge in [0.2, 0.25) is 6.79 Å². The molecule has 0 saturated carbocycles. The van der Waals surface area contributed by atoms with Gasteiger partial charge in [0.25, 0.3) is 0 Å². The van der Waals surface area contributed by atoms with Crippen LogP contribution in [0.15, 0.2) is 18.2 Å². The molecule has 3 aliphatic heterocycles. The summed E-state index contributed by atoms with van der Waals surface area (Å²) < 4.78 is 10.9. The molecular formula is C20H31N3O3. The highest BCUT2D eigenvalue weighted by molar-refractivity contribution is 5.57. The van der Waals surface area contributed by atoms with E-state index in [1.807, 2.05) is 6.07 Å². The van der Waals surface area contributed by atoms with Gasteiger partial charge in [0.05, 0.1) is 6.61 Å². The van der Waals surface area contributed by atoms with Crippen LogP contribution < -0.4 is 19.7 Å². The van der Waals surface area contributed by atoms with Crippen LogP contribution in [0, 0.1) is 0 Å². The number of piperidine rings is 2. The third-order valence-electron chi connectivity index (χ3n) is 6.01. The molecular weight excluding hydrogens is 330 g/mol. The fraction of sp³-hybridized carbons (Fsp3) is 0.700. The second-order valence-electron chi connectivity index (χ2n) is 7.62. The quantitative estimate of drug-likeness (QED) is 0.806. The predicted molar refractivity (Wildman–Crippen MR) is 102 cm³/mol. The van der Waals surface area contributed by atoms with Crippen molar-refractivity contribution in [2.75, 3.05) is 51.0 Å². The minimum atomic E-state index is 0.300. The van der Waals surface area contributed by atoms with Gasteiger partial charge in [0, 0.05) is 50.0 Å². The number of nitrogens with zero attached hydrogens (tertiary/aromatic N) is 2. The summed E-state index contributed by atoms with van der Waals surface area (Å²) in [6.45, 7) is 5.97. The third-order valence-corrected chi connectivity index (χ3v) is 6.01. The van der Waals surface area contributed by atoms with E-state index in [1.54, 1.807) is 0 Å². The summed E-state index contributed by atoms with van der Waals surface area (Å²) in [5.41, 5.74) is 1.23. The number of hydrogen-bond acceptors (Lipinski definition) is 6. The first kappa shape index (κ1) is 17.9. The minimum Gasteiger partial charge on any atom is -0.454 e. The molecule has 1 aromatic rings. The van der Waals surface area contributed by atoms with E-state index in [4.69, 9.17) is 9.47 Å². The van der Waals surface area contributed by atoms with Crippen molar-refractivity contribution in [3.63, 3.8) is 0 Å². The molecule has 0 bridgehead atoms. The zero-order chi connectivity index (χ0) is 17.8. The first-order valence-corrected chi connectivity index (χ1v) is 10.1. The summed E-state index contributed by atoms with van der Waals surface area (Å²) in [6, 6.07) is 7.21. The maximum absolute atomic E-state index is 9.52. The number of hydrogen-bond donors (Lipinski definition) is 2. The van der Waals surface area contributed by atoms with E-state index in [0.29, 0.717) is 25.5 Å². The SMILES string of the molecule is OC[C@@H]1CCCCN1CCNC1CCN(c2ccc3c(c2)OCO3)CC1. The number of aliphatic hydroxyl groups is 1. The highest BCUT2D eigenvalue weighted by Gasteiger charge is 2.23. The van der Waals surface area contributed by atoms with Gasteiger partial charge in [0.1, 0.15) is 0 Å². The average molecular weight is 361 g/mol. The molecule has 4 rings (SSSR count). The van der Waals surface area contributed by atoms with Gasteiger partial charge in [-0.2, -0.15) is 0 Å². The van der Waals surface area contributed by atoms with Crippen molar-refractivity contribution in [3.05, 3.63) is 18.2 Å². The Morgan fingerprint density at radius 3 is 2.73 bits per heavy atom. The molecule has 0 amide bonds. The van der Waals surface area contributed by atoms with Gasteiger partial charge in [-0.3, -0.25) is 4.90 Å². The van der Waals surface area contributed by atoms with Crippen molar-refractivity contribution in [1.82, 2.24) is 10.2 Å². The Labute approximate surface area is 156 Å². The molecule has 0 aliphatic carbocycles.